The lowest BCUT2D eigenvalue weighted by molar-refractivity contribution is 0.0697. The summed E-state index contributed by atoms with van der Waals surface area (Å²) in [5.74, 6) is -0.602. The number of halogens is 1. The summed E-state index contributed by atoms with van der Waals surface area (Å²) in [7, 11) is -3.84. The maximum absolute atomic E-state index is 14.4. The number of hydrogen-bond donors (Lipinski definition) is 0. The van der Waals surface area contributed by atoms with Crippen LogP contribution in [0.15, 0.2) is 59.5 Å². The highest BCUT2D eigenvalue weighted by molar-refractivity contribution is 7.89. The minimum atomic E-state index is -3.84. The molecule has 0 unspecified atom stereocenters. The number of piperazine rings is 1. The second kappa shape index (κ2) is 8.81. The summed E-state index contributed by atoms with van der Waals surface area (Å²) in [5, 5.41) is 9.26. The van der Waals surface area contributed by atoms with Gasteiger partial charge in [0.15, 0.2) is 0 Å². The van der Waals surface area contributed by atoms with Crippen molar-refractivity contribution >= 4 is 15.9 Å². The van der Waals surface area contributed by atoms with Gasteiger partial charge in [0.1, 0.15) is 11.9 Å². The predicted octanol–water partition coefficient (Wildman–Crippen LogP) is 3.25. The predicted molar refractivity (Wildman–Crippen MR) is 121 cm³/mol. The lowest BCUT2D eigenvalue weighted by Gasteiger charge is -2.34. The fourth-order valence-electron chi connectivity index (χ4n) is 4.21. The normalized spacial score (nSPS) is 14.8. The van der Waals surface area contributed by atoms with E-state index < -0.39 is 10.0 Å². The number of amides is 1. The third kappa shape index (κ3) is 4.03. The highest BCUT2D eigenvalue weighted by atomic mass is 32.2. The summed E-state index contributed by atoms with van der Waals surface area (Å²) < 4.78 is 43.4. The molecule has 4 rings (SSSR count). The smallest absolute Gasteiger partial charge is 0.255 e. The number of carbonyl (C=O) groups excluding carboxylic acids is 1. The molecule has 0 saturated carbocycles. The minimum absolute atomic E-state index is 0.0271. The molecule has 170 valence electrons. The van der Waals surface area contributed by atoms with Crippen LogP contribution in [0.1, 0.15) is 27.3 Å². The third-order valence-electron chi connectivity index (χ3n) is 5.91. The molecule has 33 heavy (non-hydrogen) atoms. The van der Waals surface area contributed by atoms with Crippen molar-refractivity contribution in [1.29, 1.82) is 5.26 Å². The Morgan fingerprint density at radius 2 is 1.64 bits per heavy atom. The number of aryl methyl sites for hydroxylation is 1. The van der Waals surface area contributed by atoms with Crippen LogP contribution in [0.25, 0.3) is 5.69 Å². The first-order chi connectivity index (χ1) is 15.8. The molecule has 9 heteroatoms. The Hall–Kier alpha value is -3.48. The van der Waals surface area contributed by atoms with Crippen LogP contribution >= 0.6 is 0 Å². The second-order valence-corrected chi connectivity index (χ2v) is 9.78. The first kappa shape index (κ1) is 22.7. The number of para-hydroxylation sites is 1. The molecule has 0 bridgehead atoms. The zero-order valence-electron chi connectivity index (χ0n) is 18.3. The number of rotatable bonds is 4. The monoisotopic (exact) mass is 466 g/mol. The highest BCUT2D eigenvalue weighted by Gasteiger charge is 2.32. The standard InChI is InChI=1S/C24H23FN4O3S/c1-17-15-20(18(2)29(17)22-9-5-4-8-21(22)25)24(30)27-11-13-28(14-12-27)33(31,32)23-10-6-3-7-19(23)16-26/h3-10,15H,11-14H2,1-2H3. The molecule has 1 aliphatic rings. The molecule has 1 saturated heterocycles. The van der Waals surface area contributed by atoms with Crippen molar-refractivity contribution in [1.82, 2.24) is 13.8 Å². The van der Waals surface area contributed by atoms with Gasteiger partial charge in [0.25, 0.3) is 5.91 Å². The van der Waals surface area contributed by atoms with Crippen molar-refractivity contribution in [2.75, 3.05) is 26.2 Å². The Bertz CT molecular complexity index is 1370. The zero-order valence-corrected chi connectivity index (χ0v) is 19.1. The van der Waals surface area contributed by atoms with Gasteiger partial charge >= 0.3 is 0 Å². The first-order valence-corrected chi connectivity index (χ1v) is 11.9. The molecule has 1 amide bonds. The zero-order chi connectivity index (χ0) is 23.8. The van der Waals surface area contributed by atoms with Gasteiger partial charge in [-0.1, -0.05) is 24.3 Å². The van der Waals surface area contributed by atoms with Gasteiger partial charge in [0.2, 0.25) is 10.0 Å². The van der Waals surface area contributed by atoms with E-state index in [4.69, 9.17) is 0 Å². The van der Waals surface area contributed by atoms with Crippen LogP contribution in [-0.2, 0) is 10.0 Å². The Morgan fingerprint density at radius 3 is 2.30 bits per heavy atom. The van der Waals surface area contributed by atoms with Gasteiger partial charge in [-0.3, -0.25) is 4.79 Å². The lowest BCUT2D eigenvalue weighted by atomic mass is 10.2. The van der Waals surface area contributed by atoms with Crippen molar-refractivity contribution in [3.63, 3.8) is 0 Å². The van der Waals surface area contributed by atoms with Crippen molar-refractivity contribution < 1.29 is 17.6 Å². The van der Waals surface area contributed by atoms with Gasteiger partial charge < -0.3 is 9.47 Å². The van der Waals surface area contributed by atoms with Gasteiger partial charge in [0, 0.05) is 37.6 Å². The van der Waals surface area contributed by atoms with Gasteiger partial charge in [-0.15, -0.1) is 0 Å². The van der Waals surface area contributed by atoms with E-state index in [2.05, 4.69) is 0 Å². The first-order valence-electron chi connectivity index (χ1n) is 10.5. The van der Waals surface area contributed by atoms with Crippen LogP contribution in [0.2, 0.25) is 0 Å². The summed E-state index contributed by atoms with van der Waals surface area (Å²) >= 11 is 0. The molecule has 0 aliphatic carbocycles. The number of hydrogen-bond acceptors (Lipinski definition) is 4. The van der Waals surface area contributed by atoms with Crippen molar-refractivity contribution in [3.05, 3.63) is 82.9 Å². The molecule has 1 fully saturated rings. The Morgan fingerprint density at radius 1 is 1.00 bits per heavy atom. The fraction of sp³-hybridized carbons (Fsp3) is 0.250. The average molecular weight is 467 g/mol. The van der Waals surface area contributed by atoms with Gasteiger partial charge in [-0.2, -0.15) is 9.57 Å². The summed E-state index contributed by atoms with van der Waals surface area (Å²) in [4.78, 5) is 14.8. The van der Waals surface area contributed by atoms with Crippen LogP contribution in [0, 0.1) is 31.0 Å². The quantitative estimate of drug-likeness (QED) is 0.591. The number of nitriles is 1. The second-order valence-electron chi connectivity index (χ2n) is 7.88. The SMILES string of the molecule is Cc1cc(C(=O)N2CCN(S(=O)(=O)c3ccccc3C#N)CC2)c(C)n1-c1ccccc1F. The molecule has 0 atom stereocenters. The van der Waals surface area contributed by atoms with E-state index in [-0.39, 0.29) is 48.4 Å². The molecular formula is C24H23FN4O3S. The lowest BCUT2D eigenvalue weighted by Crippen LogP contribution is -2.50. The highest BCUT2D eigenvalue weighted by Crippen LogP contribution is 2.25. The number of sulfonamides is 1. The maximum Gasteiger partial charge on any atom is 0.255 e. The van der Waals surface area contributed by atoms with Gasteiger partial charge in [-0.05, 0) is 44.2 Å². The van der Waals surface area contributed by atoms with E-state index in [1.807, 2.05) is 13.0 Å². The molecule has 0 spiro atoms. The molecule has 1 aromatic heterocycles. The number of benzene rings is 2. The van der Waals surface area contributed by atoms with E-state index in [9.17, 15) is 22.9 Å². The molecule has 0 radical (unpaired) electrons. The van der Waals surface area contributed by atoms with Gasteiger partial charge in [-0.25, -0.2) is 12.8 Å². The van der Waals surface area contributed by atoms with E-state index in [1.165, 1.54) is 22.5 Å². The Labute approximate surface area is 192 Å². The van der Waals surface area contributed by atoms with Crippen LogP contribution in [0.5, 0.6) is 0 Å². The average Bonchev–Trinajstić information content (AvgIpc) is 3.12. The van der Waals surface area contributed by atoms with E-state index in [0.29, 0.717) is 16.9 Å². The van der Waals surface area contributed by atoms with Crippen LogP contribution in [0.3, 0.4) is 0 Å². The summed E-state index contributed by atoms with van der Waals surface area (Å²) in [6.45, 7) is 4.27. The number of aromatic nitrogens is 1. The van der Waals surface area contributed by atoms with Gasteiger partial charge in [0.05, 0.1) is 21.7 Å². The summed E-state index contributed by atoms with van der Waals surface area (Å²) in [6, 6.07) is 16.1. The summed E-state index contributed by atoms with van der Waals surface area (Å²) in [5.41, 5.74) is 2.29. The Kier molecular flexibility index (Phi) is 6.06. The third-order valence-corrected chi connectivity index (χ3v) is 7.86. The molecule has 0 N–H and O–H groups in total. The molecular weight excluding hydrogens is 443 g/mol. The Balaban J connectivity index is 1.54. The topological polar surface area (TPSA) is 86.4 Å². The van der Waals surface area contributed by atoms with E-state index in [1.54, 1.807) is 52.8 Å². The number of carbonyl (C=O) groups is 1. The largest absolute Gasteiger partial charge is 0.336 e. The minimum Gasteiger partial charge on any atom is -0.336 e. The molecule has 2 aromatic carbocycles. The van der Waals surface area contributed by atoms with Crippen molar-refractivity contribution in [2.45, 2.75) is 18.7 Å². The van der Waals surface area contributed by atoms with Crippen LogP contribution < -0.4 is 0 Å². The van der Waals surface area contributed by atoms with Crippen molar-refractivity contribution in [3.8, 4) is 11.8 Å². The van der Waals surface area contributed by atoms with Crippen LogP contribution in [-0.4, -0.2) is 54.3 Å². The van der Waals surface area contributed by atoms with E-state index >= 15 is 0 Å². The number of nitrogens with zero attached hydrogens (tertiary/aromatic N) is 4. The molecule has 2 heterocycles. The van der Waals surface area contributed by atoms with Crippen molar-refractivity contribution in [2.24, 2.45) is 0 Å². The molecule has 1 aliphatic heterocycles. The molecule has 3 aromatic rings. The van der Waals surface area contributed by atoms with E-state index in [0.717, 1.165) is 5.69 Å². The molecule has 7 nitrogen and oxygen atoms in total. The fourth-order valence-corrected chi connectivity index (χ4v) is 5.77. The summed E-state index contributed by atoms with van der Waals surface area (Å²) in [6.07, 6.45) is 0. The van der Waals surface area contributed by atoms with Crippen LogP contribution in [0.4, 0.5) is 4.39 Å². The maximum atomic E-state index is 14.4.